The van der Waals surface area contributed by atoms with Crippen LogP contribution >= 0.6 is 11.8 Å². The number of ether oxygens (including phenoxy) is 1. The van der Waals surface area contributed by atoms with E-state index in [1.54, 1.807) is 7.11 Å². The summed E-state index contributed by atoms with van der Waals surface area (Å²) in [5, 5.41) is 0.704. The molecule has 4 heteroatoms. The van der Waals surface area contributed by atoms with Gasteiger partial charge in [0.2, 0.25) is 0 Å². The summed E-state index contributed by atoms with van der Waals surface area (Å²) in [7, 11) is 1.77. The zero-order valence-electron chi connectivity index (χ0n) is 11.0. The van der Waals surface area contributed by atoms with E-state index in [4.69, 9.17) is 10.5 Å². The molecule has 16 heavy (non-hydrogen) atoms. The van der Waals surface area contributed by atoms with Gasteiger partial charge in [-0.05, 0) is 5.92 Å². The van der Waals surface area contributed by atoms with E-state index in [1.165, 1.54) is 5.75 Å². The highest BCUT2D eigenvalue weighted by atomic mass is 32.2. The van der Waals surface area contributed by atoms with Gasteiger partial charge in [0.15, 0.2) is 0 Å². The molecule has 0 aromatic carbocycles. The van der Waals surface area contributed by atoms with Crippen molar-refractivity contribution < 1.29 is 4.74 Å². The molecular formula is C12H26N2OS. The Hall–Kier alpha value is 0.230. The number of hydrogen-bond acceptors (Lipinski definition) is 4. The summed E-state index contributed by atoms with van der Waals surface area (Å²) in [5.41, 5.74) is 6.06. The molecular weight excluding hydrogens is 220 g/mol. The van der Waals surface area contributed by atoms with Crippen LogP contribution in [0.3, 0.4) is 0 Å². The quantitative estimate of drug-likeness (QED) is 0.796. The molecule has 2 N–H and O–H groups in total. The molecule has 0 aromatic heterocycles. The van der Waals surface area contributed by atoms with Gasteiger partial charge in [-0.15, -0.1) is 0 Å². The van der Waals surface area contributed by atoms with Crippen LogP contribution in [0, 0.1) is 5.92 Å². The Balaban J connectivity index is 2.81. The van der Waals surface area contributed by atoms with Gasteiger partial charge in [0.05, 0.1) is 12.1 Å². The Morgan fingerprint density at radius 3 is 2.69 bits per heavy atom. The van der Waals surface area contributed by atoms with Gasteiger partial charge in [0.1, 0.15) is 0 Å². The van der Waals surface area contributed by atoms with E-state index < -0.39 is 0 Å². The molecule has 1 aliphatic heterocycles. The van der Waals surface area contributed by atoms with Gasteiger partial charge >= 0.3 is 0 Å². The maximum Gasteiger partial charge on any atom is 0.0661 e. The lowest BCUT2D eigenvalue weighted by Gasteiger charge is -2.48. The Morgan fingerprint density at radius 2 is 2.25 bits per heavy atom. The Morgan fingerprint density at radius 1 is 1.56 bits per heavy atom. The third-order valence-electron chi connectivity index (χ3n) is 3.69. The molecule has 0 aliphatic carbocycles. The van der Waals surface area contributed by atoms with Gasteiger partial charge in [0.25, 0.3) is 0 Å². The second-order valence-corrected chi connectivity index (χ2v) is 6.57. The molecule has 0 aromatic rings. The van der Waals surface area contributed by atoms with Gasteiger partial charge < -0.3 is 10.5 Å². The van der Waals surface area contributed by atoms with Crippen LogP contribution in [0.5, 0.6) is 0 Å². The van der Waals surface area contributed by atoms with Crippen molar-refractivity contribution in [1.82, 2.24) is 4.90 Å². The van der Waals surface area contributed by atoms with E-state index in [0.717, 1.165) is 19.7 Å². The zero-order valence-corrected chi connectivity index (χ0v) is 11.8. The first kappa shape index (κ1) is 14.3. The second-order valence-electron chi connectivity index (χ2n) is 5.02. The highest BCUT2D eigenvalue weighted by molar-refractivity contribution is 7.99. The second kappa shape index (κ2) is 6.24. The van der Waals surface area contributed by atoms with Gasteiger partial charge in [-0.25, -0.2) is 0 Å². The fourth-order valence-corrected chi connectivity index (χ4v) is 3.53. The number of thioether (sulfide) groups is 1. The van der Waals surface area contributed by atoms with Crippen molar-refractivity contribution >= 4 is 11.8 Å². The minimum absolute atomic E-state index is 0.0178. The number of rotatable bonds is 5. The molecule has 1 rings (SSSR count). The summed E-state index contributed by atoms with van der Waals surface area (Å²) in [6, 6.07) is 0. The van der Waals surface area contributed by atoms with Crippen LogP contribution in [0.15, 0.2) is 0 Å². The van der Waals surface area contributed by atoms with Crippen LogP contribution in [0.2, 0.25) is 0 Å². The van der Waals surface area contributed by atoms with Crippen molar-refractivity contribution in [3.63, 3.8) is 0 Å². The summed E-state index contributed by atoms with van der Waals surface area (Å²) in [6.45, 7) is 10.5. The molecule has 3 nitrogen and oxygen atoms in total. The summed E-state index contributed by atoms with van der Waals surface area (Å²) in [6.07, 6.45) is 0. The number of methoxy groups -OCH3 is 1. The average molecular weight is 246 g/mol. The Kier molecular flexibility index (Phi) is 5.57. The van der Waals surface area contributed by atoms with Gasteiger partial charge in [-0.1, -0.05) is 20.8 Å². The topological polar surface area (TPSA) is 38.5 Å². The first-order valence-electron chi connectivity index (χ1n) is 6.12. The van der Waals surface area contributed by atoms with Crippen molar-refractivity contribution in [3.05, 3.63) is 0 Å². The van der Waals surface area contributed by atoms with Crippen LogP contribution in [-0.2, 0) is 4.74 Å². The third-order valence-corrected chi connectivity index (χ3v) is 4.83. The SMILES string of the molecule is COCC(CN)(C(C)C)N1CCSC(C)C1. The van der Waals surface area contributed by atoms with Gasteiger partial charge in [-0.3, -0.25) is 4.90 Å². The molecule has 1 saturated heterocycles. The predicted molar refractivity (Wildman–Crippen MR) is 72.0 cm³/mol. The van der Waals surface area contributed by atoms with Crippen molar-refractivity contribution in [2.45, 2.75) is 31.6 Å². The molecule has 1 fully saturated rings. The monoisotopic (exact) mass is 246 g/mol. The van der Waals surface area contributed by atoms with Crippen LogP contribution in [0.1, 0.15) is 20.8 Å². The smallest absolute Gasteiger partial charge is 0.0661 e. The number of nitrogens with two attached hydrogens (primary N) is 1. The summed E-state index contributed by atoms with van der Waals surface area (Å²) in [4.78, 5) is 2.54. The molecule has 0 amide bonds. The fourth-order valence-electron chi connectivity index (χ4n) is 2.52. The highest BCUT2D eigenvalue weighted by Crippen LogP contribution is 2.30. The van der Waals surface area contributed by atoms with E-state index >= 15 is 0 Å². The Labute approximate surface area is 104 Å². The lowest BCUT2D eigenvalue weighted by atomic mass is 9.85. The van der Waals surface area contributed by atoms with Crippen LogP contribution in [0.4, 0.5) is 0 Å². The van der Waals surface area contributed by atoms with Crippen molar-refractivity contribution in [2.24, 2.45) is 11.7 Å². The molecule has 1 aliphatic rings. The Bertz CT molecular complexity index is 213. The molecule has 2 atom stereocenters. The maximum atomic E-state index is 6.04. The average Bonchev–Trinajstić information content (AvgIpc) is 2.25. The number of nitrogens with zero attached hydrogens (tertiary/aromatic N) is 1. The molecule has 0 spiro atoms. The molecule has 0 radical (unpaired) electrons. The third kappa shape index (κ3) is 2.92. The van der Waals surface area contributed by atoms with Gasteiger partial charge in [-0.2, -0.15) is 11.8 Å². The minimum atomic E-state index is 0.0178. The van der Waals surface area contributed by atoms with Crippen LogP contribution in [0.25, 0.3) is 0 Å². The molecule has 2 unspecified atom stereocenters. The normalized spacial score (nSPS) is 27.0. The van der Waals surface area contributed by atoms with E-state index in [-0.39, 0.29) is 5.54 Å². The first-order chi connectivity index (χ1) is 7.56. The van der Waals surface area contributed by atoms with E-state index in [9.17, 15) is 0 Å². The predicted octanol–water partition coefficient (Wildman–Crippen LogP) is 1.42. The lowest BCUT2D eigenvalue weighted by molar-refractivity contribution is -0.0138. The zero-order chi connectivity index (χ0) is 12.2. The molecule has 0 saturated carbocycles. The minimum Gasteiger partial charge on any atom is -0.383 e. The van der Waals surface area contributed by atoms with Crippen molar-refractivity contribution in [1.29, 1.82) is 0 Å². The summed E-state index contributed by atoms with van der Waals surface area (Å²) in [5.74, 6) is 1.73. The van der Waals surface area contributed by atoms with E-state index in [2.05, 4.69) is 37.4 Å². The standard InChI is InChI=1S/C12H26N2OS/c1-10(2)12(8-13,9-15-4)14-5-6-16-11(3)7-14/h10-11H,5-9,13H2,1-4H3. The summed E-state index contributed by atoms with van der Waals surface area (Å²) < 4.78 is 5.42. The molecule has 1 heterocycles. The largest absolute Gasteiger partial charge is 0.383 e. The van der Waals surface area contributed by atoms with E-state index in [0.29, 0.717) is 17.7 Å². The molecule has 96 valence electrons. The van der Waals surface area contributed by atoms with Crippen LogP contribution < -0.4 is 5.73 Å². The fraction of sp³-hybridized carbons (Fsp3) is 1.00. The summed E-state index contributed by atoms with van der Waals surface area (Å²) >= 11 is 2.05. The van der Waals surface area contributed by atoms with Crippen molar-refractivity contribution in [3.8, 4) is 0 Å². The van der Waals surface area contributed by atoms with E-state index in [1.807, 2.05) is 0 Å². The highest BCUT2D eigenvalue weighted by Gasteiger charge is 2.40. The lowest BCUT2D eigenvalue weighted by Crippen LogP contribution is -2.63. The maximum absolute atomic E-state index is 6.04. The van der Waals surface area contributed by atoms with Crippen LogP contribution in [-0.4, -0.2) is 54.8 Å². The van der Waals surface area contributed by atoms with Crippen molar-refractivity contribution in [2.75, 3.05) is 39.1 Å². The number of hydrogen-bond donors (Lipinski definition) is 1. The van der Waals surface area contributed by atoms with Gasteiger partial charge in [0, 0.05) is 37.7 Å². The molecule has 0 bridgehead atoms. The first-order valence-corrected chi connectivity index (χ1v) is 7.17.